The first kappa shape index (κ1) is 11.6. The minimum Gasteiger partial charge on any atom is -0.480 e. The number of aliphatic carboxylic acids is 1. The second-order valence-corrected chi connectivity index (χ2v) is 3.67. The fourth-order valence-electron chi connectivity index (χ4n) is 0.881. The number of amides is 1. The Balaban J connectivity index is 2.65. The van der Waals surface area contributed by atoms with Gasteiger partial charge in [-0.3, -0.25) is 9.59 Å². The first-order valence-corrected chi connectivity index (χ1v) is 5.44. The molecule has 0 saturated carbocycles. The van der Waals surface area contributed by atoms with Gasteiger partial charge < -0.3 is 14.8 Å². The summed E-state index contributed by atoms with van der Waals surface area (Å²) in [5.41, 5.74) is 0. The van der Waals surface area contributed by atoms with Crippen LogP contribution in [0.5, 0.6) is 0 Å². The monoisotopic (exact) mass is 229 g/mol. The molecule has 1 rings (SSSR count). The third-order valence-electron chi connectivity index (χ3n) is 1.72. The van der Waals surface area contributed by atoms with Gasteiger partial charge in [-0.15, -0.1) is 0 Å². The molecule has 0 fully saturated rings. The molecule has 1 amide bonds. The third kappa shape index (κ3) is 3.02. The van der Waals surface area contributed by atoms with E-state index in [2.05, 4.69) is 5.32 Å². The van der Waals surface area contributed by atoms with Gasteiger partial charge in [-0.25, -0.2) is 0 Å². The van der Waals surface area contributed by atoms with E-state index in [0.717, 1.165) is 0 Å². The summed E-state index contributed by atoms with van der Waals surface area (Å²) in [7, 11) is 0. The zero-order valence-corrected chi connectivity index (χ0v) is 9.13. The minimum absolute atomic E-state index is 0.118. The standard InChI is InChI=1S/C9H11NO4S/c1-5(9(12)13)10-8(11)6-3-4-7(14-6)15-2/h3-5H,1-2H3,(H,10,11)(H,12,13). The first-order chi connectivity index (χ1) is 7.04. The van der Waals surface area contributed by atoms with Gasteiger partial charge >= 0.3 is 5.97 Å². The van der Waals surface area contributed by atoms with Crippen LogP contribution in [0.25, 0.3) is 0 Å². The average molecular weight is 229 g/mol. The van der Waals surface area contributed by atoms with E-state index in [-0.39, 0.29) is 5.76 Å². The Morgan fingerprint density at radius 2 is 2.20 bits per heavy atom. The van der Waals surface area contributed by atoms with Crippen molar-refractivity contribution < 1.29 is 19.1 Å². The highest BCUT2D eigenvalue weighted by molar-refractivity contribution is 7.98. The molecule has 1 atom stereocenters. The number of hydrogen-bond acceptors (Lipinski definition) is 4. The molecule has 0 aliphatic carbocycles. The summed E-state index contributed by atoms with van der Waals surface area (Å²) < 4.78 is 5.13. The highest BCUT2D eigenvalue weighted by Gasteiger charge is 2.17. The highest BCUT2D eigenvalue weighted by atomic mass is 32.2. The van der Waals surface area contributed by atoms with Crippen LogP contribution in [0, 0.1) is 0 Å². The quantitative estimate of drug-likeness (QED) is 0.758. The SMILES string of the molecule is CSc1ccc(C(=O)NC(C)C(=O)O)o1. The summed E-state index contributed by atoms with van der Waals surface area (Å²) in [6, 6.07) is 2.24. The van der Waals surface area contributed by atoms with Crippen LogP contribution in [0.15, 0.2) is 21.6 Å². The largest absolute Gasteiger partial charge is 0.480 e. The van der Waals surface area contributed by atoms with Gasteiger partial charge in [0.25, 0.3) is 5.91 Å². The second kappa shape index (κ2) is 4.88. The molecular formula is C9H11NO4S. The molecule has 0 bridgehead atoms. The van der Waals surface area contributed by atoms with Gasteiger partial charge in [0, 0.05) is 0 Å². The number of furan rings is 1. The number of carboxylic acids is 1. The third-order valence-corrected chi connectivity index (χ3v) is 2.35. The van der Waals surface area contributed by atoms with Crippen molar-refractivity contribution in [3.8, 4) is 0 Å². The Bertz CT molecular complexity index is 374. The molecule has 0 aliphatic rings. The molecule has 15 heavy (non-hydrogen) atoms. The molecular weight excluding hydrogens is 218 g/mol. The number of carbonyl (C=O) groups is 2. The average Bonchev–Trinajstić information content (AvgIpc) is 2.65. The van der Waals surface area contributed by atoms with E-state index >= 15 is 0 Å². The van der Waals surface area contributed by atoms with Crippen LogP contribution in [-0.4, -0.2) is 29.3 Å². The molecule has 1 unspecified atom stereocenters. The molecule has 1 aromatic heterocycles. The van der Waals surface area contributed by atoms with Gasteiger partial charge in [0.1, 0.15) is 6.04 Å². The number of hydrogen-bond donors (Lipinski definition) is 2. The van der Waals surface area contributed by atoms with E-state index in [1.807, 2.05) is 6.26 Å². The fraction of sp³-hybridized carbons (Fsp3) is 0.333. The molecule has 0 aromatic carbocycles. The molecule has 0 radical (unpaired) electrons. The summed E-state index contributed by atoms with van der Waals surface area (Å²) in [5, 5.41) is 11.5. The van der Waals surface area contributed by atoms with E-state index < -0.39 is 17.9 Å². The summed E-state index contributed by atoms with van der Waals surface area (Å²) in [6.45, 7) is 1.39. The predicted molar refractivity (Wildman–Crippen MR) is 55.1 cm³/mol. The summed E-state index contributed by atoms with van der Waals surface area (Å²) in [4.78, 5) is 21.9. The number of thioether (sulfide) groups is 1. The predicted octanol–water partition coefficient (Wildman–Crippen LogP) is 1.20. The maximum absolute atomic E-state index is 11.4. The molecule has 0 aliphatic heterocycles. The number of carbonyl (C=O) groups excluding carboxylic acids is 1. The molecule has 2 N–H and O–H groups in total. The first-order valence-electron chi connectivity index (χ1n) is 4.22. The Morgan fingerprint density at radius 1 is 1.53 bits per heavy atom. The lowest BCUT2D eigenvalue weighted by Crippen LogP contribution is -2.38. The normalized spacial score (nSPS) is 12.1. The van der Waals surface area contributed by atoms with E-state index in [4.69, 9.17) is 9.52 Å². The van der Waals surface area contributed by atoms with Gasteiger partial charge in [0.05, 0.1) is 0 Å². The lowest BCUT2D eigenvalue weighted by Gasteiger charge is -2.06. The molecule has 6 heteroatoms. The Kier molecular flexibility index (Phi) is 3.79. The minimum atomic E-state index is -1.08. The zero-order chi connectivity index (χ0) is 11.4. The van der Waals surface area contributed by atoms with Crippen molar-refractivity contribution in [3.63, 3.8) is 0 Å². The van der Waals surface area contributed by atoms with Crippen molar-refractivity contribution in [1.82, 2.24) is 5.32 Å². The topological polar surface area (TPSA) is 79.5 Å². The zero-order valence-electron chi connectivity index (χ0n) is 8.31. The molecule has 5 nitrogen and oxygen atoms in total. The van der Waals surface area contributed by atoms with E-state index in [1.165, 1.54) is 24.8 Å². The lowest BCUT2D eigenvalue weighted by molar-refractivity contribution is -0.138. The summed E-state index contributed by atoms with van der Waals surface area (Å²) in [5.74, 6) is -1.49. The van der Waals surface area contributed by atoms with Gasteiger partial charge in [-0.05, 0) is 25.3 Å². The molecule has 0 saturated heterocycles. The fourth-order valence-corrected chi connectivity index (χ4v) is 1.26. The Hall–Kier alpha value is -1.43. The van der Waals surface area contributed by atoms with Crippen LogP contribution < -0.4 is 5.32 Å². The van der Waals surface area contributed by atoms with Crippen molar-refractivity contribution in [1.29, 1.82) is 0 Å². The molecule has 1 heterocycles. The van der Waals surface area contributed by atoms with Crippen LogP contribution >= 0.6 is 11.8 Å². The maximum atomic E-state index is 11.4. The molecule has 0 spiro atoms. The van der Waals surface area contributed by atoms with Crippen molar-refractivity contribution in [2.45, 2.75) is 18.1 Å². The van der Waals surface area contributed by atoms with Gasteiger partial charge in [0.2, 0.25) is 0 Å². The van der Waals surface area contributed by atoms with Crippen molar-refractivity contribution in [2.24, 2.45) is 0 Å². The van der Waals surface area contributed by atoms with Gasteiger partial charge in [-0.1, -0.05) is 11.8 Å². The van der Waals surface area contributed by atoms with Crippen molar-refractivity contribution >= 4 is 23.6 Å². The van der Waals surface area contributed by atoms with Crippen LogP contribution in [0.4, 0.5) is 0 Å². The van der Waals surface area contributed by atoms with Crippen molar-refractivity contribution in [3.05, 3.63) is 17.9 Å². The number of carboxylic acid groups (broad SMARTS) is 1. The molecule has 1 aromatic rings. The number of rotatable bonds is 4. The summed E-state index contributed by atoms with van der Waals surface area (Å²) >= 11 is 1.37. The van der Waals surface area contributed by atoms with Gasteiger partial charge in [-0.2, -0.15) is 0 Å². The van der Waals surface area contributed by atoms with Crippen LogP contribution in [-0.2, 0) is 4.79 Å². The van der Waals surface area contributed by atoms with E-state index in [9.17, 15) is 9.59 Å². The van der Waals surface area contributed by atoms with E-state index in [0.29, 0.717) is 5.09 Å². The second-order valence-electron chi connectivity index (χ2n) is 2.86. The van der Waals surface area contributed by atoms with E-state index in [1.54, 1.807) is 6.07 Å². The lowest BCUT2D eigenvalue weighted by atomic mass is 10.3. The number of nitrogens with one attached hydrogen (secondary N) is 1. The van der Waals surface area contributed by atoms with Crippen LogP contribution in [0.3, 0.4) is 0 Å². The Morgan fingerprint density at radius 3 is 2.67 bits per heavy atom. The maximum Gasteiger partial charge on any atom is 0.325 e. The molecule has 82 valence electrons. The van der Waals surface area contributed by atoms with Crippen LogP contribution in [0.2, 0.25) is 0 Å². The van der Waals surface area contributed by atoms with Gasteiger partial charge in [0.15, 0.2) is 10.9 Å². The van der Waals surface area contributed by atoms with Crippen LogP contribution in [0.1, 0.15) is 17.5 Å². The Labute approximate surface area is 90.8 Å². The van der Waals surface area contributed by atoms with Crippen molar-refractivity contribution in [2.75, 3.05) is 6.26 Å². The summed E-state index contributed by atoms with van der Waals surface area (Å²) in [6.07, 6.45) is 1.82. The highest BCUT2D eigenvalue weighted by Crippen LogP contribution is 2.17. The smallest absolute Gasteiger partial charge is 0.325 e.